The summed E-state index contributed by atoms with van der Waals surface area (Å²) < 4.78 is 5.46. The van der Waals surface area contributed by atoms with E-state index in [1.807, 2.05) is 0 Å². The number of unbranched alkanes of at least 4 members (excludes halogenated alkanes) is 4. The van der Waals surface area contributed by atoms with Gasteiger partial charge >= 0.3 is 0 Å². The predicted molar refractivity (Wildman–Crippen MR) is 74.4 cm³/mol. The monoisotopic (exact) mass is 241 g/mol. The maximum absolute atomic E-state index is 5.46. The van der Waals surface area contributed by atoms with Crippen molar-refractivity contribution < 1.29 is 4.74 Å². The van der Waals surface area contributed by atoms with Crippen molar-refractivity contribution in [2.24, 2.45) is 5.92 Å². The van der Waals surface area contributed by atoms with Gasteiger partial charge in [0.05, 0.1) is 0 Å². The molecule has 17 heavy (non-hydrogen) atoms. The van der Waals surface area contributed by atoms with E-state index in [4.69, 9.17) is 4.74 Å². The lowest BCUT2D eigenvalue weighted by Gasteiger charge is -2.31. The summed E-state index contributed by atoms with van der Waals surface area (Å²) >= 11 is 0. The van der Waals surface area contributed by atoms with Gasteiger partial charge in [0, 0.05) is 19.3 Å². The van der Waals surface area contributed by atoms with Gasteiger partial charge in [0.2, 0.25) is 0 Å². The third-order valence-electron chi connectivity index (χ3n) is 3.92. The highest BCUT2D eigenvalue weighted by Gasteiger charge is 2.22. The summed E-state index contributed by atoms with van der Waals surface area (Å²) in [6.45, 7) is 7.56. The van der Waals surface area contributed by atoms with Crippen LogP contribution in [-0.2, 0) is 4.74 Å². The number of nitrogens with one attached hydrogen (secondary N) is 1. The molecule has 0 spiro atoms. The minimum atomic E-state index is 0.741. The quantitative estimate of drug-likeness (QED) is 0.621. The average molecular weight is 241 g/mol. The molecular formula is C15H31NO. The summed E-state index contributed by atoms with van der Waals surface area (Å²) in [4.78, 5) is 0. The first-order valence-corrected chi connectivity index (χ1v) is 7.69. The molecule has 0 radical (unpaired) electrons. The molecule has 1 aliphatic rings. The Balaban J connectivity index is 2.17. The van der Waals surface area contributed by atoms with Gasteiger partial charge in [0.25, 0.3) is 0 Å². The van der Waals surface area contributed by atoms with Gasteiger partial charge in [-0.05, 0) is 31.7 Å². The Morgan fingerprint density at radius 1 is 1.06 bits per heavy atom. The lowest BCUT2D eigenvalue weighted by atomic mass is 9.88. The second-order valence-electron chi connectivity index (χ2n) is 5.32. The lowest BCUT2D eigenvalue weighted by Crippen LogP contribution is -2.38. The SMILES string of the molecule is CCCCCCCC(NCC)C1CCOCC1. The Bertz CT molecular complexity index is 166. The van der Waals surface area contributed by atoms with E-state index >= 15 is 0 Å². The van der Waals surface area contributed by atoms with E-state index in [9.17, 15) is 0 Å². The van der Waals surface area contributed by atoms with Crippen LogP contribution >= 0.6 is 0 Å². The molecular weight excluding hydrogens is 210 g/mol. The van der Waals surface area contributed by atoms with Crippen LogP contribution in [0.3, 0.4) is 0 Å². The zero-order valence-electron chi connectivity index (χ0n) is 11.8. The molecule has 0 aromatic heterocycles. The topological polar surface area (TPSA) is 21.3 Å². The van der Waals surface area contributed by atoms with Crippen LogP contribution < -0.4 is 5.32 Å². The third kappa shape index (κ3) is 6.42. The summed E-state index contributed by atoms with van der Waals surface area (Å²) in [5.41, 5.74) is 0. The van der Waals surface area contributed by atoms with Gasteiger partial charge in [-0.2, -0.15) is 0 Å². The van der Waals surface area contributed by atoms with Crippen LogP contribution in [0.5, 0.6) is 0 Å². The summed E-state index contributed by atoms with van der Waals surface area (Å²) in [7, 11) is 0. The molecule has 1 unspecified atom stereocenters. The fourth-order valence-electron chi connectivity index (χ4n) is 2.85. The van der Waals surface area contributed by atoms with Crippen LogP contribution in [0.15, 0.2) is 0 Å². The predicted octanol–water partition coefficient (Wildman–Crippen LogP) is 3.75. The van der Waals surface area contributed by atoms with E-state index in [1.165, 1.54) is 51.4 Å². The summed E-state index contributed by atoms with van der Waals surface area (Å²) in [5.74, 6) is 0.856. The van der Waals surface area contributed by atoms with Crippen molar-refractivity contribution in [3.05, 3.63) is 0 Å². The molecule has 102 valence electrons. The van der Waals surface area contributed by atoms with Crippen molar-refractivity contribution in [2.75, 3.05) is 19.8 Å². The minimum absolute atomic E-state index is 0.741. The first-order chi connectivity index (χ1) is 8.38. The Kier molecular flexibility index (Phi) is 8.72. The van der Waals surface area contributed by atoms with E-state index in [1.54, 1.807) is 0 Å². The molecule has 0 aromatic rings. The molecule has 1 N–H and O–H groups in total. The molecule has 1 aliphatic heterocycles. The van der Waals surface area contributed by atoms with Crippen LogP contribution in [0.2, 0.25) is 0 Å². The molecule has 1 heterocycles. The van der Waals surface area contributed by atoms with Gasteiger partial charge in [-0.3, -0.25) is 0 Å². The smallest absolute Gasteiger partial charge is 0.0469 e. The standard InChI is InChI=1S/C15H31NO/c1-3-5-6-7-8-9-15(16-4-2)14-10-12-17-13-11-14/h14-16H,3-13H2,1-2H3. The summed E-state index contributed by atoms with van der Waals surface area (Å²) in [5, 5.41) is 3.69. The molecule has 0 bridgehead atoms. The van der Waals surface area contributed by atoms with Crippen LogP contribution in [0.25, 0.3) is 0 Å². The molecule has 1 saturated heterocycles. The van der Waals surface area contributed by atoms with Crippen LogP contribution in [0, 0.1) is 5.92 Å². The number of hydrogen-bond donors (Lipinski definition) is 1. The van der Waals surface area contributed by atoms with Crippen LogP contribution in [-0.4, -0.2) is 25.8 Å². The maximum atomic E-state index is 5.46. The fraction of sp³-hybridized carbons (Fsp3) is 1.00. The highest BCUT2D eigenvalue weighted by atomic mass is 16.5. The highest BCUT2D eigenvalue weighted by Crippen LogP contribution is 2.22. The highest BCUT2D eigenvalue weighted by molar-refractivity contribution is 4.78. The Labute approximate surface area is 108 Å². The molecule has 0 aliphatic carbocycles. The molecule has 0 saturated carbocycles. The zero-order chi connectivity index (χ0) is 12.3. The molecule has 2 heteroatoms. The second kappa shape index (κ2) is 9.90. The van der Waals surface area contributed by atoms with Gasteiger partial charge in [0.15, 0.2) is 0 Å². The maximum Gasteiger partial charge on any atom is 0.0469 e. The van der Waals surface area contributed by atoms with Crippen LogP contribution in [0.1, 0.15) is 65.2 Å². The largest absolute Gasteiger partial charge is 0.381 e. The van der Waals surface area contributed by atoms with Crippen molar-refractivity contribution in [1.82, 2.24) is 5.32 Å². The van der Waals surface area contributed by atoms with Crippen molar-refractivity contribution in [3.8, 4) is 0 Å². The Hall–Kier alpha value is -0.0800. The van der Waals surface area contributed by atoms with E-state index in [0.717, 1.165) is 31.7 Å². The van der Waals surface area contributed by atoms with E-state index in [2.05, 4.69) is 19.2 Å². The van der Waals surface area contributed by atoms with Crippen molar-refractivity contribution in [3.63, 3.8) is 0 Å². The second-order valence-corrected chi connectivity index (χ2v) is 5.32. The Morgan fingerprint density at radius 2 is 1.76 bits per heavy atom. The summed E-state index contributed by atoms with van der Waals surface area (Å²) in [6, 6.07) is 0.741. The van der Waals surface area contributed by atoms with Crippen molar-refractivity contribution in [2.45, 2.75) is 71.3 Å². The fourth-order valence-corrected chi connectivity index (χ4v) is 2.85. The molecule has 1 fully saturated rings. The van der Waals surface area contributed by atoms with E-state index < -0.39 is 0 Å². The van der Waals surface area contributed by atoms with Gasteiger partial charge < -0.3 is 10.1 Å². The number of hydrogen-bond acceptors (Lipinski definition) is 2. The minimum Gasteiger partial charge on any atom is -0.381 e. The molecule has 2 nitrogen and oxygen atoms in total. The average Bonchev–Trinajstić information content (AvgIpc) is 2.38. The molecule has 1 rings (SSSR count). The third-order valence-corrected chi connectivity index (χ3v) is 3.92. The number of ether oxygens (including phenoxy) is 1. The van der Waals surface area contributed by atoms with E-state index in [0.29, 0.717) is 0 Å². The lowest BCUT2D eigenvalue weighted by molar-refractivity contribution is 0.0524. The molecule has 1 atom stereocenters. The Morgan fingerprint density at radius 3 is 2.41 bits per heavy atom. The van der Waals surface area contributed by atoms with Gasteiger partial charge in [-0.25, -0.2) is 0 Å². The molecule has 0 aromatic carbocycles. The first kappa shape index (κ1) is 15.0. The normalized spacial score (nSPS) is 19.4. The van der Waals surface area contributed by atoms with E-state index in [-0.39, 0.29) is 0 Å². The molecule has 0 amide bonds. The zero-order valence-corrected chi connectivity index (χ0v) is 11.8. The van der Waals surface area contributed by atoms with Crippen LogP contribution in [0.4, 0.5) is 0 Å². The summed E-state index contributed by atoms with van der Waals surface area (Å²) in [6.07, 6.45) is 10.9. The van der Waals surface area contributed by atoms with Crippen molar-refractivity contribution in [1.29, 1.82) is 0 Å². The first-order valence-electron chi connectivity index (χ1n) is 7.69. The van der Waals surface area contributed by atoms with Gasteiger partial charge in [-0.1, -0.05) is 46.0 Å². The van der Waals surface area contributed by atoms with Gasteiger partial charge in [0.1, 0.15) is 0 Å². The number of rotatable bonds is 9. The van der Waals surface area contributed by atoms with Gasteiger partial charge in [-0.15, -0.1) is 0 Å². The van der Waals surface area contributed by atoms with Crippen molar-refractivity contribution >= 4 is 0 Å².